The second-order valence-electron chi connectivity index (χ2n) is 4.47. The number of carbonyl (C=O) groups is 1. The average Bonchev–Trinajstić information content (AvgIpc) is 2.33. The van der Waals surface area contributed by atoms with E-state index in [1.165, 1.54) is 0 Å². The van der Waals surface area contributed by atoms with E-state index in [0.717, 1.165) is 36.2 Å². The van der Waals surface area contributed by atoms with Crippen LogP contribution in [0.3, 0.4) is 0 Å². The van der Waals surface area contributed by atoms with Gasteiger partial charge in [0.2, 0.25) is 5.91 Å². The van der Waals surface area contributed by atoms with Crippen LogP contribution >= 0.6 is 0 Å². The molecule has 4 nitrogen and oxygen atoms in total. The number of nitrogens with zero attached hydrogens (tertiary/aromatic N) is 1. The number of aryl methyl sites for hydroxylation is 2. The van der Waals surface area contributed by atoms with E-state index in [4.69, 9.17) is 0 Å². The summed E-state index contributed by atoms with van der Waals surface area (Å²) in [6, 6.07) is 3.40. The molecule has 1 aromatic rings. The molecule has 2 aliphatic heterocycles. The van der Waals surface area contributed by atoms with Crippen molar-refractivity contribution in [3.05, 3.63) is 23.3 Å². The van der Waals surface area contributed by atoms with Gasteiger partial charge in [0.05, 0.1) is 5.69 Å². The standard InChI is InChI=1S/C12H13NO3S.Na/c14-11-4-3-9-7-10(17(15)16)6-8-2-1-5-13(11)12(8)9;/h6-7H,1-5H2,(H,15,16);/q;+1/p-1. The molecule has 0 fully saturated rings. The summed E-state index contributed by atoms with van der Waals surface area (Å²) in [4.78, 5) is 14.0. The maximum atomic E-state index is 11.8. The summed E-state index contributed by atoms with van der Waals surface area (Å²) in [7, 11) is 0. The van der Waals surface area contributed by atoms with Crippen LogP contribution in [0.5, 0.6) is 0 Å². The molecule has 1 unspecified atom stereocenters. The summed E-state index contributed by atoms with van der Waals surface area (Å²) in [5, 5.41) is 0. The van der Waals surface area contributed by atoms with Crippen LogP contribution in [0.2, 0.25) is 0 Å². The Balaban J connectivity index is 0.00000120. The molecule has 0 bridgehead atoms. The number of hydrogen-bond donors (Lipinski definition) is 0. The number of carbonyl (C=O) groups excluding carboxylic acids is 1. The van der Waals surface area contributed by atoms with Gasteiger partial charge in [0.15, 0.2) is 0 Å². The quantitative estimate of drug-likeness (QED) is 0.446. The largest absolute Gasteiger partial charge is 1.00 e. The normalized spacial score (nSPS) is 18.9. The Kier molecular flexibility index (Phi) is 4.29. The third-order valence-electron chi connectivity index (χ3n) is 3.44. The van der Waals surface area contributed by atoms with Gasteiger partial charge in [-0.1, -0.05) is 0 Å². The van der Waals surface area contributed by atoms with Crippen LogP contribution in [-0.2, 0) is 28.7 Å². The van der Waals surface area contributed by atoms with Crippen molar-refractivity contribution in [2.24, 2.45) is 0 Å². The summed E-state index contributed by atoms with van der Waals surface area (Å²) in [6.45, 7) is 0.763. The molecule has 0 aliphatic carbocycles. The van der Waals surface area contributed by atoms with Gasteiger partial charge in [-0.2, -0.15) is 0 Å². The smallest absolute Gasteiger partial charge is 0.768 e. The number of amides is 1. The Morgan fingerprint density at radius 3 is 2.50 bits per heavy atom. The molecule has 2 aliphatic rings. The Morgan fingerprint density at radius 1 is 1.17 bits per heavy atom. The van der Waals surface area contributed by atoms with Crippen LogP contribution in [0.15, 0.2) is 17.0 Å². The Morgan fingerprint density at radius 2 is 1.83 bits per heavy atom. The van der Waals surface area contributed by atoms with E-state index in [2.05, 4.69) is 0 Å². The van der Waals surface area contributed by atoms with Gasteiger partial charge in [-0.3, -0.25) is 9.00 Å². The predicted octanol–water partition coefficient (Wildman–Crippen LogP) is -1.85. The van der Waals surface area contributed by atoms with Crippen LogP contribution in [0, 0.1) is 0 Å². The average molecular weight is 273 g/mol. The maximum Gasteiger partial charge on any atom is 1.00 e. The summed E-state index contributed by atoms with van der Waals surface area (Å²) in [5.41, 5.74) is 2.98. The Hall–Kier alpha value is -0.200. The van der Waals surface area contributed by atoms with Gasteiger partial charge in [-0.25, -0.2) is 0 Å². The SMILES string of the molecule is O=C1CCc2cc(S(=O)[O-])cc3c2N1CCC3.[Na+]. The second kappa shape index (κ2) is 5.43. The van der Waals surface area contributed by atoms with Gasteiger partial charge >= 0.3 is 29.6 Å². The minimum Gasteiger partial charge on any atom is -0.768 e. The van der Waals surface area contributed by atoms with Crippen molar-refractivity contribution in [1.82, 2.24) is 0 Å². The number of benzene rings is 1. The number of rotatable bonds is 1. The van der Waals surface area contributed by atoms with Gasteiger partial charge in [-0.15, -0.1) is 0 Å². The van der Waals surface area contributed by atoms with Crippen LogP contribution in [0.4, 0.5) is 5.69 Å². The fraction of sp³-hybridized carbons (Fsp3) is 0.417. The van der Waals surface area contributed by atoms with Crippen molar-refractivity contribution in [2.45, 2.75) is 30.6 Å². The van der Waals surface area contributed by atoms with Gasteiger partial charge in [0.1, 0.15) is 0 Å². The van der Waals surface area contributed by atoms with Crippen molar-refractivity contribution in [3.8, 4) is 0 Å². The first-order valence-electron chi connectivity index (χ1n) is 5.72. The predicted molar refractivity (Wildman–Crippen MR) is 62.6 cm³/mol. The van der Waals surface area contributed by atoms with Crippen LogP contribution in [0.1, 0.15) is 24.0 Å². The Labute approximate surface area is 130 Å². The molecular formula is C12H12NNaO3S. The van der Waals surface area contributed by atoms with E-state index < -0.39 is 11.1 Å². The van der Waals surface area contributed by atoms with Gasteiger partial charge in [-0.05, 0) is 53.6 Å². The summed E-state index contributed by atoms with van der Waals surface area (Å²) < 4.78 is 22.1. The molecule has 0 saturated carbocycles. The molecule has 0 aromatic heterocycles. The topological polar surface area (TPSA) is 60.4 Å². The minimum absolute atomic E-state index is 0. The summed E-state index contributed by atoms with van der Waals surface area (Å²) in [6.07, 6.45) is 2.91. The fourth-order valence-corrected chi connectivity index (χ4v) is 3.19. The number of hydrogen-bond acceptors (Lipinski definition) is 3. The molecule has 0 N–H and O–H groups in total. The van der Waals surface area contributed by atoms with E-state index in [9.17, 15) is 13.6 Å². The zero-order valence-electron chi connectivity index (χ0n) is 10.3. The third kappa shape index (κ3) is 2.30. The molecule has 3 rings (SSSR count). The molecular weight excluding hydrogens is 261 g/mol. The van der Waals surface area contributed by atoms with Gasteiger partial charge in [0.25, 0.3) is 0 Å². The molecule has 2 heterocycles. The van der Waals surface area contributed by atoms with Crippen molar-refractivity contribution < 1.29 is 43.1 Å². The van der Waals surface area contributed by atoms with E-state index in [1.807, 2.05) is 4.90 Å². The van der Waals surface area contributed by atoms with Crippen LogP contribution in [0.25, 0.3) is 0 Å². The molecule has 90 valence electrons. The molecule has 1 atom stereocenters. The van der Waals surface area contributed by atoms with E-state index in [-0.39, 0.29) is 35.5 Å². The molecule has 0 spiro atoms. The molecule has 0 saturated heterocycles. The first kappa shape index (κ1) is 14.2. The number of anilines is 1. The van der Waals surface area contributed by atoms with Crippen LogP contribution in [-0.4, -0.2) is 21.2 Å². The molecule has 1 amide bonds. The fourth-order valence-electron chi connectivity index (χ4n) is 2.72. The molecule has 6 heteroatoms. The van der Waals surface area contributed by atoms with Gasteiger partial charge in [0, 0.05) is 17.9 Å². The zero-order chi connectivity index (χ0) is 12.0. The van der Waals surface area contributed by atoms with E-state index in [0.29, 0.717) is 17.7 Å². The van der Waals surface area contributed by atoms with Crippen molar-refractivity contribution >= 4 is 22.7 Å². The van der Waals surface area contributed by atoms with Gasteiger partial charge < -0.3 is 9.45 Å². The zero-order valence-corrected chi connectivity index (χ0v) is 13.1. The van der Waals surface area contributed by atoms with Crippen LogP contribution < -0.4 is 34.5 Å². The summed E-state index contributed by atoms with van der Waals surface area (Å²) in [5.74, 6) is 0.162. The first-order chi connectivity index (χ1) is 8.16. The Bertz CT molecular complexity index is 515. The van der Waals surface area contributed by atoms with Crippen molar-refractivity contribution in [1.29, 1.82) is 0 Å². The summed E-state index contributed by atoms with van der Waals surface area (Å²) >= 11 is -2.19. The molecule has 1 aromatic carbocycles. The maximum absolute atomic E-state index is 11.8. The second-order valence-corrected chi connectivity index (χ2v) is 5.41. The first-order valence-corrected chi connectivity index (χ1v) is 6.80. The monoisotopic (exact) mass is 273 g/mol. The minimum atomic E-state index is -2.19. The van der Waals surface area contributed by atoms with E-state index in [1.54, 1.807) is 12.1 Å². The third-order valence-corrected chi connectivity index (χ3v) is 4.06. The molecule has 18 heavy (non-hydrogen) atoms. The van der Waals surface area contributed by atoms with Crippen molar-refractivity contribution in [2.75, 3.05) is 11.4 Å². The van der Waals surface area contributed by atoms with Crippen molar-refractivity contribution in [3.63, 3.8) is 0 Å². The van der Waals surface area contributed by atoms with E-state index >= 15 is 0 Å². The molecule has 0 radical (unpaired) electrons.